The number of nitrogens with zero attached hydrogens (tertiary/aromatic N) is 2. The highest BCUT2D eigenvalue weighted by Crippen LogP contribution is 2.47. The number of anilines is 1. The van der Waals surface area contributed by atoms with Crippen LogP contribution in [0.2, 0.25) is 0 Å². The molecule has 2 saturated heterocycles. The average molecular weight is 274 g/mol. The number of aromatic nitrogens is 1. The Morgan fingerprint density at radius 1 is 1.37 bits per heavy atom. The highest BCUT2D eigenvalue weighted by Gasteiger charge is 2.50. The summed E-state index contributed by atoms with van der Waals surface area (Å²) in [6, 6.07) is 8.66. The molecule has 0 radical (unpaired) electrons. The molecule has 2 aliphatic heterocycles. The smallest absolute Gasteiger partial charge is 0.308 e. The molecule has 3 unspecified atom stereocenters. The topological polar surface area (TPSA) is 53.4 Å². The van der Waals surface area contributed by atoms with E-state index in [-0.39, 0.29) is 12.0 Å². The van der Waals surface area contributed by atoms with Gasteiger partial charge in [0.25, 0.3) is 0 Å². The molecule has 4 nitrogen and oxygen atoms in total. The Hall–Kier alpha value is -1.62. The van der Waals surface area contributed by atoms with Crippen molar-refractivity contribution < 1.29 is 9.90 Å². The number of aliphatic carboxylic acids is 1. The van der Waals surface area contributed by atoms with Gasteiger partial charge < -0.3 is 10.0 Å². The fourth-order valence-electron chi connectivity index (χ4n) is 3.63. The molecule has 5 heteroatoms. The van der Waals surface area contributed by atoms with Gasteiger partial charge in [0.05, 0.1) is 11.4 Å². The maximum absolute atomic E-state index is 11.3. The standard InChI is InChI=1S/C14H14N2O2S/c17-14(18)10-7-8-5-6-12(10)16(8)13-9-3-1-2-4-11(9)15-19-13/h1-4,8,10,12H,5-7H2,(H,17,18). The Labute approximate surface area is 114 Å². The van der Waals surface area contributed by atoms with Crippen molar-refractivity contribution in [3.05, 3.63) is 24.3 Å². The number of hydrogen-bond acceptors (Lipinski definition) is 4. The quantitative estimate of drug-likeness (QED) is 0.915. The Morgan fingerprint density at radius 3 is 3.00 bits per heavy atom. The van der Waals surface area contributed by atoms with Gasteiger partial charge in [0.1, 0.15) is 5.00 Å². The fraction of sp³-hybridized carbons (Fsp3) is 0.429. The van der Waals surface area contributed by atoms with Gasteiger partial charge in [0.15, 0.2) is 0 Å². The second-order valence-electron chi connectivity index (χ2n) is 5.39. The summed E-state index contributed by atoms with van der Waals surface area (Å²) in [7, 11) is 0. The SMILES string of the molecule is O=C(O)C1CC2CCC1N2c1snc2ccccc12. The summed E-state index contributed by atoms with van der Waals surface area (Å²) in [5.41, 5.74) is 1.01. The molecule has 3 heterocycles. The molecule has 0 spiro atoms. The van der Waals surface area contributed by atoms with E-state index >= 15 is 0 Å². The Bertz CT molecular complexity index is 654. The maximum Gasteiger partial charge on any atom is 0.308 e. The summed E-state index contributed by atoms with van der Waals surface area (Å²) < 4.78 is 4.48. The molecule has 98 valence electrons. The van der Waals surface area contributed by atoms with E-state index in [1.807, 2.05) is 18.2 Å². The molecule has 4 rings (SSSR count). The van der Waals surface area contributed by atoms with Crippen LogP contribution in [0.3, 0.4) is 0 Å². The monoisotopic (exact) mass is 274 g/mol. The molecule has 2 fully saturated rings. The van der Waals surface area contributed by atoms with Crippen LogP contribution in [-0.4, -0.2) is 27.5 Å². The number of rotatable bonds is 2. The summed E-state index contributed by atoms with van der Waals surface area (Å²) in [5.74, 6) is -0.856. The lowest BCUT2D eigenvalue weighted by Gasteiger charge is -2.23. The lowest BCUT2D eigenvalue weighted by Crippen LogP contribution is -2.32. The zero-order valence-electron chi connectivity index (χ0n) is 10.3. The molecule has 0 aliphatic carbocycles. The van der Waals surface area contributed by atoms with Gasteiger partial charge in [0.2, 0.25) is 0 Å². The molecule has 2 aromatic rings. The molecule has 3 atom stereocenters. The molecule has 2 aliphatic rings. The van der Waals surface area contributed by atoms with E-state index in [9.17, 15) is 9.90 Å². The van der Waals surface area contributed by atoms with Crippen LogP contribution in [0.5, 0.6) is 0 Å². The molecule has 1 N–H and O–H groups in total. The van der Waals surface area contributed by atoms with Gasteiger partial charge in [0, 0.05) is 17.5 Å². The van der Waals surface area contributed by atoms with Crippen molar-refractivity contribution in [1.29, 1.82) is 0 Å². The van der Waals surface area contributed by atoms with Gasteiger partial charge in [-0.25, -0.2) is 0 Å². The van der Waals surface area contributed by atoms with Crippen LogP contribution in [0.1, 0.15) is 19.3 Å². The zero-order chi connectivity index (χ0) is 13.0. The van der Waals surface area contributed by atoms with Crippen molar-refractivity contribution in [3.63, 3.8) is 0 Å². The van der Waals surface area contributed by atoms with Crippen LogP contribution < -0.4 is 4.90 Å². The number of carboxylic acid groups (broad SMARTS) is 1. The maximum atomic E-state index is 11.3. The second-order valence-corrected chi connectivity index (χ2v) is 6.14. The summed E-state index contributed by atoms with van der Waals surface area (Å²) >= 11 is 1.50. The first-order valence-corrected chi connectivity index (χ1v) is 7.38. The third-order valence-electron chi connectivity index (χ3n) is 4.45. The van der Waals surface area contributed by atoms with Crippen molar-refractivity contribution in [2.45, 2.75) is 31.3 Å². The van der Waals surface area contributed by atoms with Crippen LogP contribution >= 0.6 is 11.5 Å². The van der Waals surface area contributed by atoms with E-state index in [1.54, 1.807) is 0 Å². The number of fused-ring (bicyclic) bond motifs is 3. The molecule has 19 heavy (non-hydrogen) atoms. The van der Waals surface area contributed by atoms with E-state index in [4.69, 9.17) is 0 Å². The summed E-state index contributed by atoms with van der Waals surface area (Å²) in [6.45, 7) is 0. The molecule has 1 aromatic heterocycles. The van der Waals surface area contributed by atoms with E-state index < -0.39 is 5.97 Å². The minimum atomic E-state index is -0.647. The number of carboxylic acids is 1. The van der Waals surface area contributed by atoms with Gasteiger partial charge >= 0.3 is 5.97 Å². The van der Waals surface area contributed by atoms with Gasteiger partial charge in [-0.15, -0.1) is 0 Å². The molecule has 2 bridgehead atoms. The number of hydrogen-bond donors (Lipinski definition) is 1. The third-order valence-corrected chi connectivity index (χ3v) is 5.35. The van der Waals surface area contributed by atoms with Crippen LogP contribution in [0.15, 0.2) is 24.3 Å². The van der Waals surface area contributed by atoms with Gasteiger partial charge in [-0.1, -0.05) is 12.1 Å². The lowest BCUT2D eigenvalue weighted by molar-refractivity contribution is -0.142. The van der Waals surface area contributed by atoms with Crippen LogP contribution in [0.25, 0.3) is 10.9 Å². The predicted molar refractivity (Wildman–Crippen MR) is 74.7 cm³/mol. The Morgan fingerprint density at radius 2 is 2.21 bits per heavy atom. The largest absolute Gasteiger partial charge is 0.481 e. The first-order valence-electron chi connectivity index (χ1n) is 6.61. The van der Waals surface area contributed by atoms with E-state index in [0.29, 0.717) is 6.04 Å². The lowest BCUT2D eigenvalue weighted by atomic mass is 9.89. The van der Waals surface area contributed by atoms with Gasteiger partial charge in [-0.05, 0) is 42.9 Å². The molecule has 0 amide bonds. The first kappa shape index (κ1) is 11.2. The van der Waals surface area contributed by atoms with Crippen molar-refractivity contribution in [1.82, 2.24) is 4.37 Å². The van der Waals surface area contributed by atoms with E-state index in [0.717, 1.165) is 35.2 Å². The molecule has 0 saturated carbocycles. The predicted octanol–water partition coefficient (Wildman–Crippen LogP) is 2.74. The normalized spacial score (nSPS) is 29.3. The Balaban J connectivity index is 1.79. The molecule has 1 aromatic carbocycles. The minimum Gasteiger partial charge on any atom is -0.481 e. The van der Waals surface area contributed by atoms with E-state index in [1.165, 1.54) is 11.5 Å². The van der Waals surface area contributed by atoms with Crippen molar-refractivity contribution in [3.8, 4) is 0 Å². The highest BCUT2D eigenvalue weighted by molar-refractivity contribution is 7.11. The highest BCUT2D eigenvalue weighted by atomic mass is 32.1. The summed E-state index contributed by atoms with van der Waals surface area (Å²) in [6.07, 6.45) is 2.89. The summed E-state index contributed by atoms with van der Waals surface area (Å²) in [4.78, 5) is 13.7. The Kier molecular flexibility index (Phi) is 2.33. The van der Waals surface area contributed by atoms with Gasteiger partial charge in [-0.3, -0.25) is 4.79 Å². The number of carbonyl (C=O) groups is 1. The van der Waals surface area contributed by atoms with Crippen molar-refractivity contribution in [2.24, 2.45) is 5.92 Å². The first-order chi connectivity index (χ1) is 9.25. The van der Waals surface area contributed by atoms with Crippen LogP contribution in [0, 0.1) is 5.92 Å². The fourth-order valence-corrected chi connectivity index (χ4v) is 4.63. The second kappa shape index (κ2) is 3.93. The van der Waals surface area contributed by atoms with Crippen molar-refractivity contribution >= 4 is 33.4 Å². The molecular weight excluding hydrogens is 260 g/mol. The minimum absolute atomic E-state index is 0.159. The van der Waals surface area contributed by atoms with E-state index in [2.05, 4.69) is 15.3 Å². The third kappa shape index (κ3) is 1.51. The van der Waals surface area contributed by atoms with Crippen LogP contribution in [-0.2, 0) is 4.79 Å². The van der Waals surface area contributed by atoms with Gasteiger partial charge in [-0.2, -0.15) is 4.37 Å². The molecular formula is C14H14N2O2S. The zero-order valence-corrected chi connectivity index (χ0v) is 11.1. The van der Waals surface area contributed by atoms with Crippen molar-refractivity contribution in [2.75, 3.05) is 4.90 Å². The summed E-state index contributed by atoms with van der Waals surface area (Å²) in [5, 5.41) is 11.6. The number of benzene rings is 1. The average Bonchev–Trinajstić information content (AvgIpc) is 3.08. The van der Waals surface area contributed by atoms with Crippen LogP contribution in [0.4, 0.5) is 5.00 Å².